The molecule has 2 amide bonds. The molecule has 1 aromatic rings. The van der Waals surface area contributed by atoms with Crippen LogP contribution in [-0.4, -0.2) is 41.1 Å². The molecule has 1 aliphatic carbocycles. The molecule has 1 atom stereocenters. The van der Waals surface area contributed by atoms with Crippen molar-refractivity contribution in [1.29, 1.82) is 0 Å². The standard InChI is InChI=1S/C20H26N2O5/c1-13-7-9-20(10-8-13,19(25)26)22-17(23)14-4-2-5-15(12-14)21-18(24)16-6-3-11-27-16/h2,4-5,12-13,16H,3,6-11H2,1H3,(H,21,24)(H,22,23)(H,25,26). The quantitative estimate of drug-likeness (QED) is 0.735. The Hall–Kier alpha value is -2.41. The fraction of sp³-hybridized carbons (Fsp3) is 0.550. The summed E-state index contributed by atoms with van der Waals surface area (Å²) in [5, 5.41) is 15.2. The van der Waals surface area contributed by atoms with E-state index in [4.69, 9.17) is 4.74 Å². The first kappa shape index (κ1) is 19.4. The maximum atomic E-state index is 12.7. The van der Waals surface area contributed by atoms with Gasteiger partial charge in [-0.2, -0.15) is 0 Å². The average molecular weight is 374 g/mol. The SMILES string of the molecule is CC1CCC(NC(=O)c2cccc(NC(=O)C3CCCO3)c2)(C(=O)O)CC1. The number of hydrogen-bond donors (Lipinski definition) is 3. The molecule has 1 saturated heterocycles. The van der Waals surface area contributed by atoms with Crippen molar-refractivity contribution in [2.75, 3.05) is 11.9 Å². The highest BCUT2D eigenvalue weighted by atomic mass is 16.5. The minimum Gasteiger partial charge on any atom is -0.480 e. The second kappa shape index (κ2) is 8.08. The normalized spacial score (nSPS) is 27.7. The van der Waals surface area contributed by atoms with Crippen LogP contribution in [0.25, 0.3) is 0 Å². The number of carbonyl (C=O) groups excluding carboxylic acids is 2. The molecule has 146 valence electrons. The minimum atomic E-state index is -1.22. The Balaban J connectivity index is 1.69. The molecule has 1 saturated carbocycles. The molecule has 1 aromatic carbocycles. The summed E-state index contributed by atoms with van der Waals surface area (Å²) in [5.74, 6) is -1.20. The lowest BCUT2D eigenvalue weighted by molar-refractivity contribution is -0.146. The molecular formula is C20H26N2O5. The third-order valence-electron chi connectivity index (χ3n) is 5.50. The van der Waals surface area contributed by atoms with Gasteiger partial charge in [0.15, 0.2) is 0 Å². The number of carboxylic acids is 1. The van der Waals surface area contributed by atoms with E-state index >= 15 is 0 Å². The highest BCUT2D eigenvalue weighted by Gasteiger charge is 2.42. The maximum Gasteiger partial charge on any atom is 0.329 e. The Labute approximate surface area is 158 Å². The third kappa shape index (κ3) is 4.47. The zero-order chi connectivity index (χ0) is 19.4. The molecule has 1 heterocycles. The van der Waals surface area contributed by atoms with Crippen molar-refractivity contribution in [2.24, 2.45) is 5.92 Å². The van der Waals surface area contributed by atoms with Gasteiger partial charge in [0.25, 0.3) is 11.8 Å². The number of anilines is 1. The van der Waals surface area contributed by atoms with Crippen molar-refractivity contribution < 1.29 is 24.2 Å². The topological polar surface area (TPSA) is 105 Å². The van der Waals surface area contributed by atoms with Crippen LogP contribution in [0, 0.1) is 5.92 Å². The van der Waals surface area contributed by atoms with Crippen molar-refractivity contribution in [3.63, 3.8) is 0 Å². The zero-order valence-corrected chi connectivity index (χ0v) is 15.5. The van der Waals surface area contributed by atoms with Gasteiger partial charge in [0.1, 0.15) is 11.6 Å². The number of carboxylic acid groups (broad SMARTS) is 1. The van der Waals surface area contributed by atoms with Crippen LogP contribution < -0.4 is 10.6 Å². The smallest absolute Gasteiger partial charge is 0.329 e. The average Bonchev–Trinajstić information content (AvgIpc) is 3.19. The van der Waals surface area contributed by atoms with Gasteiger partial charge in [-0.3, -0.25) is 9.59 Å². The maximum absolute atomic E-state index is 12.7. The van der Waals surface area contributed by atoms with Gasteiger partial charge in [-0.25, -0.2) is 4.79 Å². The lowest BCUT2D eigenvalue weighted by Gasteiger charge is -2.36. The van der Waals surface area contributed by atoms with Gasteiger partial charge in [0, 0.05) is 17.9 Å². The first-order valence-electron chi connectivity index (χ1n) is 9.48. The van der Waals surface area contributed by atoms with E-state index in [1.54, 1.807) is 24.3 Å². The van der Waals surface area contributed by atoms with Gasteiger partial charge in [-0.15, -0.1) is 0 Å². The van der Waals surface area contributed by atoms with Crippen LogP contribution in [0.4, 0.5) is 5.69 Å². The summed E-state index contributed by atoms with van der Waals surface area (Å²) in [5.41, 5.74) is -0.412. The summed E-state index contributed by atoms with van der Waals surface area (Å²) < 4.78 is 5.36. The van der Waals surface area contributed by atoms with Gasteiger partial charge in [-0.1, -0.05) is 13.0 Å². The van der Waals surface area contributed by atoms with Crippen molar-refractivity contribution in [3.05, 3.63) is 29.8 Å². The van der Waals surface area contributed by atoms with Crippen LogP contribution in [0.5, 0.6) is 0 Å². The molecule has 7 heteroatoms. The Morgan fingerprint density at radius 2 is 1.93 bits per heavy atom. The molecule has 3 N–H and O–H groups in total. The van der Waals surface area contributed by atoms with E-state index in [0.717, 1.165) is 19.3 Å². The Morgan fingerprint density at radius 1 is 1.19 bits per heavy atom. The predicted molar refractivity (Wildman–Crippen MR) is 99.5 cm³/mol. The summed E-state index contributed by atoms with van der Waals surface area (Å²) >= 11 is 0. The number of hydrogen-bond acceptors (Lipinski definition) is 4. The first-order valence-corrected chi connectivity index (χ1v) is 9.48. The van der Waals surface area contributed by atoms with Crippen LogP contribution in [-0.2, 0) is 14.3 Å². The lowest BCUT2D eigenvalue weighted by Crippen LogP contribution is -2.56. The van der Waals surface area contributed by atoms with Crippen molar-refractivity contribution >= 4 is 23.5 Å². The Kier molecular flexibility index (Phi) is 5.79. The first-order chi connectivity index (χ1) is 12.9. The number of nitrogens with one attached hydrogen (secondary N) is 2. The van der Waals surface area contributed by atoms with Gasteiger partial charge < -0.3 is 20.5 Å². The van der Waals surface area contributed by atoms with E-state index in [2.05, 4.69) is 17.6 Å². The highest BCUT2D eigenvalue weighted by molar-refractivity contribution is 6.00. The summed E-state index contributed by atoms with van der Waals surface area (Å²) in [6, 6.07) is 6.52. The number of rotatable bonds is 5. The van der Waals surface area contributed by atoms with Gasteiger partial charge in [0.05, 0.1) is 0 Å². The molecule has 7 nitrogen and oxygen atoms in total. The molecule has 0 spiro atoms. The van der Waals surface area contributed by atoms with E-state index in [1.807, 2.05) is 0 Å². The van der Waals surface area contributed by atoms with E-state index in [9.17, 15) is 19.5 Å². The molecule has 27 heavy (non-hydrogen) atoms. The van der Waals surface area contributed by atoms with E-state index in [-0.39, 0.29) is 5.91 Å². The molecular weight excluding hydrogens is 348 g/mol. The molecule has 3 rings (SSSR count). The van der Waals surface area contributed by atoms with E-state index in [0.29, 0.717) is 43.0 Å². The summed E-state index contributed by atoms with van der Waals surface area (Å²) in [4.78, 5) is 36.7. The number of ether oxygens (including phenoxy) is 1. The molecule has 1 aliphatic heterocycles. The van der Waals surface area contributed by atoms with Gasteiger partial charge in [-0.05, 0) is 62.6 Å². The molecule has 2 fully saturated rings. The second-order valence-corrected chi connectivity index (χ2v) is 7.60. The molecule has 2 aliphatic rings. The number of benzene rings is 1. The zero-order valence-electron chi connectivity index (χ0n) is 15.5. The van der Waals surface area contributed by atoms with Crippen LogP contribution in [0.15, 0.2) is 24.3 Å². The van der Waals surface area contributed by atoms with Crippen LogP contribution >= 0.6 is 0 Å². The van der Waals surface area contributed by atoms with Crippen molar-refractivity contribution in [3.8, 4) is 0 Å². The minimum absolute atomic E-state index is 0.228. The largest absolute Gasteiger partial charge is 0.480 e. The Bertz CT molecular complexity index is 719. The fourth-order valence-corrected chi connectivity index (χ4v) is 3.68. The number of carbonyl (C=O) groups is 3. The number of aliphatic carboxylic acids is 1. The van der Waals surface area contributed by atoms with Crippen molar-refractivity contribution in [1.82, 2.24) is 5.32 Å². The van der Waals surface area contributed by atoms with Gasteiger partial charge in [0.2, 0.25) is 0 Å². The van der Waals surface area contributed by atoms with Crippen LogP contribution in [0.3, 0.4) is 0 Å². The predicted octanol–water partition coefficient (Wildman–Crippen LogP) is 2.57. The fourth-order valence-electron chi connectivity index (χ4n) is 3.68. The molecule has 1 unspecified atom stereocenters. The number of amides is 2. The molecule has 0 radical (unpaired) electrons. The summed E-state index contributed by atoms with van der Waals surface area (Å²) in [7, 11) is 0. The molecule has 0 aromatic heterocycles. The molecule has 0 bridgehead atoms. The van der Waals surface area contributed by atoms with E-state index < -0.39 is 23.5 Å². The van der Waals surface area contributed by atoms with Crippen molar-refractivity contribution in [2.45, 2.75) is 57.1 Å². The highest BCUT2D eigenvalue weighted by Crippen LogP contribution is 2.32. The Morgan fingerprint density at radius 3 is 2.56 bits per heavy atom. The lowest BCUT2D eigenvalue weighted by atomic mass is 9.77. The van der Waals surface area contributed by atoms with Crippen LogP contribution in [0.1, 0.15) is 55.8 Å². The van der Waals surface area contributed by atoms with Gasteiger partial charge >= 0.3 is 5.97 Å². The summed E-state index contributed by atoms with van der Waals surface area (Å²) in [6.45, 7) is 2.67. The monoisotopic (exact) mass is 374 g/mol. The third-order valence-corrected chi connectivity index (χ3v) is 5.50. The second-order valence-electron chi connectivity index (χ2n) is 7.60. The van der Waals surface area contributed by atoms with Crippen LogP contribution in [0.2, 0.25) is 0 Å². The summed E-state index contributed by atoms with van der Waals surface area (Å²) in [6.07, 6.45) is 3.47. The van der Waals surface area contributed by atoms with E-state index in [1.165, 1.54) is 0 Å².